The lowest BCUT2D eigenvalue weighted by molar-refractivity contribution is 0.0746. The molecule has 8 nitrogen and oxygen atoms in total. The summed E-state index contributed by atoms with van der Waals surface area (Å²) in [6.07, 6.45) is 0. The van der Waals surface area contributed by atoms with Gasteiger partial charge in [-0.15, -0.1) is 4.91 Å². The van der Waals surface area contributed by atoms with Gasteiger partial charge in [0.25, 0.3) is 5.91 Å². The number of amides is 1. The normalized spacial score (nSPS) is 16.4. The molecule has 2 saturated heterocycles. The number of hydrogen-bond acceptors (Lipinski definition) is 7. The van der Waals surface area contributed by atoms with Crippen LogP contribution in [-0.2, 0) is 4.74 Å². The number of aliphatic hydroxyl groups is 1. The number of carbonyl (C=O) groups is 1. The van der Waals surface area contributed by atoms with Crippen molar-refractivity contribution in [3.8, 4) is 0 Å². The Bertz CT molecular complexity index is 897. The maximum absolute atomic E-state index is 13.3. The first-order valence-corrected chi connectivity index (χ1v) is 10.6. The third-order valence-electron chi connectivity index (χ3n) is 5.43. The summed E-state index contributed by atoms with van der Waals surface area (Å²) in [5, 5.41) is 10.7. The largest absolute Gasteiger partial charge is 0.400 e. The van der Waals surface area contributed by atoms with Gasteiger partial charge in [0.1, 0.15) is 5.69 Å². The van der Waals surface area contributed by atoms with Crippen molar-refractivity contribution < 1.29 is 14.6 Å². The highest BCUT2D eigenvalue weighted by molar-refractivity contribution is 6.33. The fraction of sp³-hybridized carbons (Fsp3) is 0.409. The monoisotopic (exact) mass is 446 g/mol. The van der Waals surface area contributed by atoms with E-state index < -0.39 is 0 Å². The molecule has 2 aromatic carbocycles. The van der Waals surface area contributed by atoms with Crippen LogP contribution in [0.15, 0.2) is 47.6 Å². The van der Waals surface area contributed by atoms with Crippen molar-refractivity contribution in [1.29, 1.82) is 0 Å². The van der Waals surface area contributed by atoms with E-state index in [9.17, 15) is 9.70 Å². The van der Waals surface area contributed by atoms with Gasteiger partial charge in [-0.1, -0.05) is 23.7 Å². The van der Waals surface area contributed by atoms with E-state index in [2.05, 4.69) is 15.0 Å². The number of halogens is 1. The highest BCUT2D eigenvalue weighted by atomic mass is 35.5. The molecule has 2 aliphatic rings. The first kappa shape index (κ1) is 23.0. The van der Waals surface area contributed by atoms with Gasteiger partial charge in [0.2, 0.25) is 0 Å². The standard InChI is InChI=1S/C21H23ClN4O3.CH4O/c22-18-3-1-2-4-20(18)24-7-9-26(10-8-24)21(27)17-15-16(23-28)5-6-19(17)25-11-13-29-14-12-25;1-2/h1-6,15H,7-14H2;2H,1H3. The van der Waals surface area contributed by atoms with Gasteiger partial charge < -0.3 is 24.5 Å². The van der Waals surface area contributed by atoms with Crippen molar-refractivity contribution in [3.63, 3.8) is 0 Å². The Labute approximate surface area is 186 Å². The number of ether oxygens (including phenoxy) is 1. The van der Waals surface area contributed by atoms with Crippen molar-refractivity contribution >= 4 is 34.6 Å². The molecule has 0 saturated carbocycles. The molecule has 2 heterocycles. The van der Waals surface area contributed by atoms with E-state index >= 15 is 0 Å². The third-order valence-corrected chi connectivity index (χ3v) is 5.75. The molecule has 0 aromatic heterocycles. The molecule has 1 N–H and O–H groups in total. The molecule has 2 aromatic rings. The lowest BCUT2D eigenvalue weighted by Gasteiger charge is -2.37. The third kappa shape index (κ3) is 5.33. The number of hydrogen-bond donors (Lipinski definition) is 1. The molecule has 166 valence electrons. The van der Waals surface area contributed by atoms with E-state index in [4.69, 9.17) is 21.4 Å². The molecule has 0 bridgehead atoms. The molecule has 0 spiro atoms. The van der Waals surface area contributed by atoms with Gasteiger partial charge in [-0.25, -0.2) is 0 Å². The van der Waals surface area contributed by atoms with Gasteiger partial charge in [0.05, 0.1) is 29.5 Å². The van der Waals surface area contributed by atoms with Gasteiger partial charge in [-0.05, 0) is 35.5 Å². The molecule has 2 aliphatic heterocycles. The van der Waals surface area contributed by atoms with Gasteiger partial charge in [-0.3, -0.25) is 4.79 Å². The summed E-state index contributed by atoms with van der Waals surface area (Å²) in [6.45, 7) is 5.26. The molecule has 2 fully saturated rings. The molecule has 0 radical (unpaired) electrons. The van der Waals surface area contributed by atoms with Gasteiger partial charge in [-0.2, -0.15) is 0 Å². The SMILES string of the molecule is CO.O=Nc1ccc(N2CCOCC2)c(C(=O)N2CCN(c3ccccc3Cl)CC2)c1. The van der Waals surface area contributed by atoms with Gasteiger partial charge in [0, 0.05) is 52.1 Å². The van der Waals surface area contributed by atoms with Crippen LogP contribution in [0.4, 0.5) is 17.1 Å². The minimum absolute atomic E-state index is 0.0733. The van der Waals surface area contributed by atoms with Crippen LogP contribution in [0.3, 0.4) is 0 Å². The summed E-state index contributed by atoms with van der Waals surface area (Å²) in [4.78, 5) is 30.5. The Morgan fingerprint density at radius 3 is 2.23 bits per heavy atom. The first-order chi connectivity index (χ1) is 15.2. The van der Waals surface area contributed by atoms with E-state index in [1.54, 1.807) is 12.1 Å². The Hall–Kier alpha value is -2.68. The molecule has 4 rings (SSSR count). The van der Waals surface area contributed by atoms with Crippen molar-refractivity contribution in [2.24, 2.45) is 5.18 Å². The van der Waals surface area contributed by atoms with E-state index in [-0.39, 0.29) is 11.6 Å². The van der Waals surface area contributed by atoms with Crippen LogP contribution >= 0.6 is 11.6 Å². The summed E-state index contributed by atoms with van der Waals surface area (Å²) in [5.74, 6) is -0.0733. The Kier molecular flexibility index (Phi) is 8.22. The lowest BCUT2D eigenvalue weighted by Crippen LogP contribution is -2.49. The number of nitroso groups, excluding NO2 is 1. The molecule has 31 heavy (non-hydrogen) atoms. The zero-order chi connectivity index (χ0) is 22.2. The zero-order valence-electron chi connectivity index (χ0n) is 17.5. The maximum atomic E-state index is 13.3. The number of carbonyl (C=O) groups excluding carboxylic acids is 1. The van der Waals surface area contributed by atoms with Crippen LogP contribution in [0.25, 0.3) is 0 Å². The second-order valence-corrected chi connectivity index (χ2v) is 7.53. The van der Waals surface area contributed by atoms with Crippen LogP contribution in [0.1, 0.15) is 10.4 Å². The molecule has 1 amide bonds. The number of para-hydroxylation sites is 1. The van der Waals surface area contributed by atoms with Crippen LogP contribution < -0.4 is 9.80 Å². The minimum atomic E-state index is -0.0733. The number of rotatable bonds is 4. The van der Waals surface area contributed by atoms with Gasteiger partial charge >= 0.3 is 0 Å². The van der Waals surface area contributed by atoms with E-state index in [1.165, 1.54) is 0 Å². The van der Waals surface area contributed by atoms with E-state index in [0.29, 0.717) is 63.1 Å². The fourth-order valence-corrected chi connectivity index (χ4v) is 4.12. The zero-order valence-corrected chi connectivity index (χ0v) is 18.3. The van der Waals surface area contributed by atoms with Crippen molar-refractivity contribution in [3.05, 3.63) is 58.0 Å². The fourth-order valence-electron chi connectivity index (χ4n) is 3.86. The number of anilines is 2. The van der Waals surface area contributed by atoms with Crippen LogP contribution in [0.2, 0.25) is 5.02 Å². The number of nitrogens with zero attached hydrogens (tertiary/aromatic N) is 4. The Balaban J connectivity index is 0.00000132. The minimum Gasteiger partial charge on any atom is -0.400 e. The quantitative estimate of drug-likeness (QED) is 0.726. The number of benzene rings is 2. The highest BCUT2D eigenvalue weighted by Gasteiger charge is 2.27. The summed E-state index contributed by atoms with van der Waals surface area (Å²) in [7, 11) is 1.00. The van der Waals surface area contributed by atoms with Crippen molar-refractivity contribution in [2.75, 3.05) is 69.4 Å². The van der Waals surface area contributed by atoms with E-state index in [0.717, 1.165) is 18.5 Å². The predicted molar refractivity (Wildman–Crippen MR) is 123 cm³/mol. The number of morpholine rings is 1. The molecule has 0 atom stereocenters. The molecular formula is C22H27ClN4O4. The summed E-state index contributed by atoms with van der Waals surface area (Å²) < 4.78 is 5.42. The van der Waals surface area contributed by atoms with Crippen molar-refractivity contribution in [1.82, 2.24) is 4.90 Å². The van der Waals surface area contributed by atoms with Crippen LogP contribution in [0, 0.1) is 4.91 Å². The number of aliphatic hydroxyl groups excluding tert-OH is 1. The second-order valence-electron chi connectivity index (χ2n) is 7.12. The average molecular weight is 447 g/mol. The molecule has 0 aliphatic carbocycles. The average Bonchev–Trinajstić information content (AvgIpc) is 2.85. The molecule has 0 unspecified atom stereocenters. The molecule has 9 heteroatoms. The van der Waals surface area contributed by atoms with E-state index in [1.807, 2.05) is 35.2 Å². The first-order valence-electron chi connectivity index (χ1n) is 10.2. The summed E-state index contributed by atoms with van der Waals surface area (Å²) in [6, 6.07) is 12.8. The second kappa shape index (κ2) is 11.1. The Morgan fingerprint density at radius 1 is 0.935 bits per heavy atom. The summed E-state index contributed by atoms with van der Waals surface area (Å²) in [5.41, 5.74) is 2.61. The van der Waals surface area contributed by atoms with Crippen molar-refractivity contribution in [2.45, 2.75) is 0 Å². The maximum Gasteiger partial charge on any atom is 0.256 e. The lowest BCUT2D eigenvalue weighted by atomic mass is 10.1. The van der Waals surface area contributed by atoms with Crippen LogP contribution in [-0.4, -0.2) is 75.5 Å². The van der Waals surface area contributed by atoms with Gasteiger partial charge in [0.15, 0.2) is 0 Å². The summed E-state index contributed by atoms with van der Waals surface area (Å²) >= 11 is 6.31. The predicted octanol–water partition coefficient (Wildman–Crippen LogP) is 3.15. The topological polar surface area (TPSA) is 85.7 Å². The molecular weight excluding hydrogens is 420 g/mol. The van der Waals surface area contributed by atoms with Crippen LogP contribution in [0.5, 0.6) is 0 Å². The highest BCUT2D eigenvalue weighted by Crippen LogP contribution is 2.30. The smallest absolute Gasteiger partial charge is 0.256 e. The Morgan fingerprint density at radius 2 is 1.58 bits per heavy atom. The number of piperazine rings is 1.